The van der Waals surface area contributed by atoms with Gasteiger partial charge in [-0.25, -0.2) is 0 Å². The van der Waals surface area contributed by atoms with E-state index < -0.39 is 28.5 Å². The van der Waals surface area contributed by atoms with Crippen LogP contribution in [0.1, 0.15) is 21.7 Å². The van der Waals surface area contributed by atoms with E-state index in [0.717, 1.165) is 12.6 Å². The van der Waals surface area contributed by atoms with E-state index in [0.29, 0.717) is 10.4 Å². The van der Waals surface area contributed by atoms with Crippen LogP contribution in [-0.2, 0) is 13.2 Å². The highest BCUT2D eigenvalue weighted by Gasteiger charge is 2.39. The first-order chi connectivity index (χ1) is 9.70. The molecule has 1 N–H and O–H groups in total. The first-order valence-electron chi connectivity index (χ1n) is 5.88. The summed E-state index contributed by atoms with van der Waals surface area (Å²) in [7, 11) is 1.08. The Hall–Kier alpha value is -2.02. The van der Waals surface area contributed by atoms with Gasteiger partial charge in [-0.3, -0.25) is 9.48 Å². The fourth-order valence-electron chi connectivity index (χ4n) is 1.78. The maximum atomic E-state index is 12.8. The summed E-state index contributed by atoms with van der Waals surface area (Å²) in [6.07, 6.45) is -4.68. The van der Waals surface area contributed by atoms with E-state index in [1.165, 1.54) is 0 Å². The average Bonchev–Trinajstić information content (AvgIpc) is 2.67. The van der Waals surface area contributed by atoms with Gasteiger partial charge in [-0.1, -0.05) is 29.3 Å². The molecule has 1 aromatic heterocycles. The van der Waals surface area contributed by atoms with Gasteiger partial charge >= 0.3 is 6.18 Å². The largest absolute Gasteiger partial charge is 0.434 e. The number of nitrogens with one attached hydrogen (secondary N) is 1. The molecule has 0 bridgehead atoms. The van der Waals surface area contributed by atoms with Gasteiger partial charge in [0.2, 0.25) is 0 Å². The minimum atomic E-state index is -4.68. The number of aryl methyl sites for hydroxylation is 2. The average molecular weight is 318 g/mol. The number of amides is 1. The number of carbonyl (C=O) groups is 1. The van der Waals surface area contributed by atoms with Crippen LogP contribution in [0.5, 0.6) is 0 Å². The van der Waals surface area contributed by atoms with Crippen LogP contribution in [0.4, 0.5) is 18.9 Å². The van der Waals surface area contributed by atoms with Crippen LogP contribution in [-0.4, -0.2) is 15.7 Å². The molecule has 0 saturated heterocycles. The number of hydrogen-bond acceptors (Lipinski definition) is 2. The molecule has 0 fully saturated rings. The molecule has 0 spiro atoms. The zero-order valence-corrected chi connectivity index (χ0v) is 11.9. The van der Waals surface area contributed by atoms with Gasteiger partial charge < -0.3 is 5.32 Å². The fourth-order valence-corrected chi connectivity index (χ4v) is 2.13. The lowest BCUT2D eigenvalue weighted by Crippen LogP contribution is -2.13. The second-order valence-electron chi connectivity index (χ2n) is 4.45. The highest BCUT2D eigenvalue weighted by molar-refractivity contribution is 6.34. The van der Waals surface area contributed by atoms with Gasteiger partial charge in [0.25, 0.3) is 5.91 Å². The Balaban J connectivity index is 2.30. The van der Waals surface area contributed by atoms with E-state index >= 15 is 0 Å². The minimum Gasteiger partial charge on any atom is -0.321 e. The topological polar surface area (TPSA) is 46.9 Å². The summed E-state index contributed by atoms with van der Waals surface area (Å²) in [4.78, 5) is 12.0. The summed E-state index contributed by atoms with van der Waals surface area (Å²) in [5, 5.41) is 5.28. The summed E-state index contributed by atoms with van der Waals surface area (Å²) >= 11 is 5.64. The minimum absolute atomic E-state index is 0.445. The molecular weight excluding hydrogens is 307 g/mol. The highest BCUT2D eigenvalue weighted by Crippen LogP contribution is 2.36. The van der Waals surface area contributed by atoms with Crippen LogP contribution >= 0.6 is 11.6 Å². The molecule has 2 rings (SSSR count). The SMILES string of the molecule is Cc1ccc(NC(=O)c2nn(C)c(C(F)(F)F)c2Cl)cc1. The van der Waals surface area contributed by atoms with Crippen molar-refractivity contribution in [3.8, 4) is 0 Å². The van der Waals surface area contributed by atoms with Gasteiger partial charge in [-0.15, -0.1) is 0 Å². The van der Waals surface area contributed by atoms with Crippen molar-refractivity contribution in [3.63, 3.8) is 0 Å². The van der Waals surface area contributed by atoms with Crippen LogP contribution in [0.25, 0.3) is 0 Å². The molecule has 2 aromatic rings. The summed E-state index contributed by atoms with van der Waals surface area (Å²) in [6.45, 7) is 1.87. The van der Waals surface area contributed by atoms with E-state index in [9.17, 15) is 18.0 Å². The van der Waals surface area contributed by atoms with E-state index in [-0.39, 0.29) is 0 Å². The summed E-state index contributed by atoms with van der Waals surface area (Å²) < 4.78 is 38.9. The van der Waals surface area contributed by atoms with Gasteiger partial charge in [0.05, 0.1) is 0 Å². The predicted molar refractivity (Wildman–Crippen MR) is 72.4 cm³/mol. The number of benzene rings is 1. The Morgan fingerprint density at radius 3 is 2.33 bits per heavy atom. The van der Waals surface area contributed by atoms with E-state index in [2.05, 4.69) is 10.4 Å². The molecule has 0 aliphatic carbocycles. The third-order valence-electron chi connectivity index (χ3n) is 2.78. The molecule has 1 amide bonds. The predicted octanol–water partition coefficient (Wildman–Crippen LogP) is 3.65. The smallest absolute Gasteiger partial charge is 0.321 e. The molecule has 8 heteroatoms. The molecule has 0 unspecified atom stereocenters. The molecule has 0 radical (unpaired) electrons. The number of anilines is 1. The number of nitrogens with zero attached hydrogens (tertiary/aromatic N) is 2. The molecule has 0 aliphatic rings. The highest BCUT2D eigenvalue weighted by atomic mass is 35.5. The lowest BCUT2D eigenvalue weighted by Gasteiger charge is -2.06. The van der Waals surface area contributed by atoms with Crippen molar-refractivity contribution in [2.24, 2.45) is 7.05 Å². The second kappa shape index (κ2) is 5.40. The first kappa shape index (κ1) is 15.4. The standard InChI is InChI=1S/C13H11ClF3N3O/c1-7-3-5-8(6-4-7)18-12(21)10-9(14)11(13(15,16)17)20(2)19-10/h3-6H,1-2H3,(H,18,21). The Kier molecular flexibility index (Phi) is 3.95. The lowest BCUT2D eigenvalue weighted by atomic mass is 10.2. The number of aromatic nitrogens is 2. The van der Waals surface area contributed by atoms with Crippen molar-refractivity contribution in [2.75, 3.05) is 5.32 Å². The summed E-state index contributed by atoms with van der Waals surface area (Å²) in [5.74, 6) is -0.796. The summed E-state index contributed by atoms with van der Waals surface area (Å²) in [5.41, 5.74) is -0.186. The third-order valence-corrected chi connectivity index (χ3v) is 3.14. The monoisotopic (exact) mass is 317 g/mol. The molecular formula is C13H11ClF3N3O. The molecule has 0 saturated carbocycles. The molecule has 0 aliphatic heterocycles. The van der Waals surface area contributed by atoms with Crippen LogP contribution in [0.15, 0.2) is 24.3 Å². The number of alkyl halides is 3. The molecule has 1 aromatic carbocycles. The van der Waals surface area contributed by atoms with Crippen molar-refractivity contribution >= 4 is 23.2 Å². The molecule has 21 heavy (non-hydrogen) atoms. The van der Waals surface area contributed by atoms with Gasteiger partial charge in [0.15, 0.2) is 11.4 Å². The zero-order chi connectivity index (χ0) is 15.8. The van der Waals surface area contributed by atoms with Crippen molar-refractivity contribution in [3.05, 3.63) is 46.2 Å². The van der Waals surface area contributed by atoms with Crippen molar-refractivity contribution in [2.45, 2.75) is 13.1 Å². The molecule has 0 atom stereocenters. The Bertz CT molecular complexity index is 677. The quantitative estimate of drug-likeness (QED) is 0.919. The van der Waals surface area contributed by atoms with E-state index in [4.69, 9.17) is 11.6 Å². The number of carbonyl (C=O) groups excluding carboxylic acids is 1. The van der Waals surface area contributed by atoms with Gasteiger partial charge in [0, 0.05) is 12.7 Å². The van der Waals surface area contributed by atoms with Crippen molar-refractivity contribution < 1.29 is 18.0 Å². The second-order valence-corrected chi connectivity index (χ2v) is 4.83. The Morgan fingerprint density at radius 2 is 1.86 bits per heavy atom. The number of rotatable bonds is 2. The third kappa shape index (κ3) is 3.18. The maximum Gasteiger partial charge on any atom is 0.434 e. The Morgan fingerprint density at radius 1 is 1.29 bits per heavy atom. The van der Waals surface area contributed by atoms with Crippen LogP contribution in [0, 0.1) is 6.92 Å². The van der Waals surface area contributed by atoms with Crippen molar-refractivity contribution in [1.29, 1.82) is 0 Å². The van der Waals surface area contributed by atoms with Gasteiger partial charge in [0.1, 0.15) is 5.02 Å². The molecule has 1 heterocycles. The van der Waals surface area contributed by atoms with E-state index in [1.54, 1.807) is 24.3 Å². The molecule has 112 valence electrons. The van der Waals surface area contributed by atoms with E-state index in [1.807, 2.05) is 6.92 Å². The van der Waals surface area contributed by atoms with Gasteiger partial charge in [-0.2, -0.15) is 18.3 Å². The summed E-state index contributed by atoms with van der Waals surface area (Å²) in [6, 6.07) is 6.79. The molecule has 4 nitrogen and oxygen atoms in total. The fraction of sp³-hybridized carbons (Fsp3) is 0.231. The lowest BCUT2D eigenvalue weighted by molar-refractivity contribution is -0.143. The maximum absolute atomic E-state index is 12.8. The van der Waals surface area contributed by atoms with Crippen LogP contribution < -0.4 is 5.32 Å². The van der Waals surface area contributed by atoms with Crippen molar-refractivity contribution in [1.82, 2.24) is 9.78 Å². The Labute approximate surface area is 123 Å². The number of halogens is 4. The first-order valence-corrected chi connectivity index (χ1v) is 6.25. The van der Waals surface area contributed by atoms with Gasteiger partial charge in [-0.05, 0) is 19.1 Å². The van der Waals surface area contributed by atoms with Crippen LogP contribution in [0.3, 0.4) is 0 Å². The normalized spacial score (nSPS) is 11.5. The number of hydrogen-bond donors (Lipinski definition) is 1. The van der Waals surface area contributed by atoms with Crippen LogP contribution in [0.2, 0.25) is 5.02 Å². The zero-order valence-electron chi connectivity index (χ0n) is 11.1.